The third-order valence-corrected chi connectivity index (χ3v) is 3.99. The summed E-state index contributed by atoms with van der Waals surface area (Å²) in [5.74, 6) is -1.76. The van der Waals surface area contributed by atoms with Crippen LogP contribution in [-0.2, 0) is 22.4 Å². The average Bonchev–Trinajstić information content (AvgIpc) is 2.59. The van der Waals surface area contributed by atoms with Crippen LogP contribution < -0.4 is 11.5 Å². The summed E-state index contributed by atoms with van der Waals surface area (Å²) in [5.41, 5.74) is 10.2. The first-order valence-corrected chi connectivity index (χ1v) is 8.44. The fourth-order valence-corrected chi connectivity index (χ4v) is 2.23. The summed E-state index contributed by atoms with van der Waals surface area (Å²) in [4.78, 5) is 21.4. The summed E-state index contributed by atoms with van der Waals surface area (Å²) in [6, 6.07) is 12.7. The zero-order valence-electron chi connectivity index (χ0n) is 15.8. The molecule has 0 saturated carbocycles. The van der Waals surface area contributed by atoms with E-state index in [1.54, 1.807) is 24.3 Å². The van der Waals surface area contributed by atoms with Gasteiger partial charge in [0.2, 0.25) is 0 Å². The van der Waals surface area contributed by atoms with E-state index < -0.39 is 23.0 Å². The van der Waals surface area contributed by atoms with Gasteiger partial charge in [-0.15, -0.1) is 0 Å². The van der Waals surface area contributed by atoms with Crippen molar-refractivity contribution >= 4 is 11.9 Å². The largest absolute Gasteiger partial charge is 0.508 e. The third-order valence-electron chi connectivity index (χ3n) is 3.99. The van der Waals surface area contributed by atoms with Gasteiger partial charge in [0.1, 0.15) is 22.6 Å². The van der Waals surface area contributed by atoms with Gasteiger partial charge in [0.15, 0.2) is 0 Å². The molecule has 0 fully saturated rings. The Hall–Kier alpha value is -3.10. The van der Waals surface area contributed by atoms with E-state index in [1.807, 2.05) is 0 Å². The van der Waals surface area contributed by atoms with Crippen LogP contribution >= 0.6 is 0 Å². The van der Waals surface area contributed by atoms with Gasteiger partial charge in [-0.25, -0.2) is 0 Å². The first kappa shape index (κ1) is 22.9. The Morgan fingerprint density at radius 3 is 1.18 bits per heavy atom. The molecule has 8 N–H and O–H groups in total. The lowest BCUT2D eigenvalue weighted by molar-refractivity contribution is -0.143. The fraction of sp³-hybridized carbons (Fsp3) is 0.300. The third kappa shape index (κ3) is 7.26. The predicted octanol–water partition coefficient (Wildman–Crippen LogP) is 1.47. The molecule has 8 nitrogen and oxygen atoms in total. The number of carboxylic acids is 2. The zero-order chi connectivity index (χ0) is 21.5. The molecule has 8 heteroatoms. The van der Waals surface area contributed by atoms with Crippen LogP contribution in [0, 0.1) is 0 Å². The Balaban J connectivity index is 0.000000280. The lowest BCUT2D eigenvalue weighted by Gasteiger charge is -2.18. The Kier molecular flexibility index (Phi) is 7.54. The molecule has 0 radical (unpaired) electrons. The maximum Gasteiger partial charge on any atom is 0.323 e. The van der Waals surface area contributed by atoms with Crippen LogP contribution in [0.25, 0.3) is 0 Å². The average molecular weight is 390 g/mol. The Bertz CT molecular complexity index is 729. The van der Waals surface area contributed by atoms with Gasteiger partial charge >= 0.3 is 11.9 Å². The van der Waals surface area contributed by atoms with Gasteiger partial charge in [-0.05, 0) is 49.2 Å². The Morgan fingerprint density at radius 2 is 0.964 bits per heavy atom. The number of hydrogen-bond acceptors (Lipinski definition) is 6. The van der Waals surface area contributed by atoms with Crippen molar-refractivity contribution in [1.82, 2.24) is 0 Å². The van der Waals surface area contributed by atoms with E-state index in [0.717, 1.165) is 11.1 Å². The van der Waals surface area contributed by atoms with Crippen molar-refractivity contribution in [2.45, 2.75) is 37.8 Å². The van der Waals surface area contributed by atoms with Crippen LogP contribution in [0.1, 0.15) is 25.0 Å². The smallest absolute Gasteiger partial charge is 0.323 e. The van der Waals surface area contributed by atoms with Crippen molar-refractivity contribution in [1.29, 1.82) is 0 Å². The Labute approximate surface area is 163 Å². The van der Waals surface area contributed by atoms with Crippen LogP contribution in [0.4, 0.5) is 0 Å². The highest BCUT2D eigenvalue weighted by atomic mass is 16.4. The number of benzene rings is 2. The van der Waals surface area contributed by atoms with Gasteiger partial charge in [0.05, 0.1) is 0 Å². The predicted molar refractivity (Wildman–Crippen MR) is 104 cm³/mol. The molecule has 0 unspecified atom stereocenters. The Morgan fingerprint density at radius 1 is 0.714 bits per heavy atom. The summed E-state index contributed by atoms with van der Waals surface area (Å²) in [6.07, 6.45) is 0.477. The number of aromatic hydroxyl groups is 2. The van der Waals surface area contributed by atoms with E-state index in [-0.39, 0.29) is 24.3 Å². The van der Waals surface area contributed by atoms with Crippen LogP contribution in [0.3, 0.4) is 0 Å². The van der Waals surface area contributed by atoms with Crippen LogP contribution in [-0.4, -0.2) is 43.4 Å². The number of hydrogen-bond donors (Lipinski definition) is 6. The molecule has 2 aromatic carbocycles. The summed E-state index contributed by atoms with van der Waals surface area (Å²) < 4.78 is 0. The molecule has 0 aliphatic carbocycles. The maximum absolute atomic E-state index is 10.7. The quantitative estimate of drug-likeness (QED) is 0.431. The van der Waals surface area contributed by atoms with E-state index in [1.165, 1.54) is 38.1 Å². The molecule has 2 atom stereocenters. The second-order valence-corrected chi connectivity index (χ2v) is 7.13. The fourth-order valence-electron chi connectivity index (χ4n) is 2.23. The molecular formula is C20H26N2O6. The molecular weight excluding hydrogens is 364 g/mol. The molecule has 28 heavy (non-hydrogen) atoms. The molecule has 0 aliphatic heterocycles. The van der Waals surface area contributed by atoms with Crippen molar-refractivity contribution in [3.63, 3.8) is 0 Å². The number of carboxylic acid groups (broad SMARTS) is 2. The van der Waals surface area contributed by atoms with Crippen molar-refractivity contribution < 1.29 is 30.0 Å². The highest BCUT2D eigenvalue weighted by Gasteiger charge is 2.28. The topological polar surface area (TPSA) is 167 Å². The first-order valence-electron chi connectivity index (χ1n) is 8.44. The maximum atomic E-state index is 10.7. The van der Waals surface area contributed by atoms with E-state index in [4.69, 9.17) is 31.9 Å². The molecule has 0 aliphatic rings. The molecule has 2 rings (SSSR count). The molecule has 0 heterocycles. The lowest BCUT2D eigenvalue weighted by atomic mass is 9.94. The van der Waals surface area contributed by atoms with Gasteiger partial charge in [-0.2, -0.15) is 0 Å². The number of phenolic OH excluding ortho intramolecular Hbond substituents is 2. The minimum absolute atomic E-state index is 0.155. The zero-order valence-corrected chi connectivity index (χ0v) is 15.8. The van der Waals surface area contributed by atoms with E-state index in [0.29, 0.717) is 0 Å². The number of carbonyl (C=O) groups is 2. The second-order valence-electron chi connectivity index (χ2n) is 7.13. The standard InChI is InChI=1S/2C10H13NO3/c2*1-10(11,9(13)14)6-7-2-4-8(12)5-3-7/h2*2-5,12H,6,11H2,1H3,(H,13,14)/t2*10-/m00/s1. The normalized spacial score (nSPS) is 14.7. The lowest BCUT2D eigenvalue weighted by Crippen LogP contribution is -2.46. The number of rotatable bonds is 6. The highest BCUT2D eigenvalue weighted by molar-refractivity contribution is 5.78. The summed E-state index contributed by atoms with van der Waals surface area (Å²) in [7, 11) is 0. The monoisotopic (exact) mass is 390 g/mol. The van der Waals surface area contributed by atoms with Crippen molar-refractivity contribution in [2.24, 2.45) is 11.5 Å². The molecule has 0 aromatic heterocycles. The minimum Gasteiger partial charge on any atom is -0.508 e. The molecule has 2 aromatic rings. The number of aliphatic carboxylic acids is 2. The molecule has 0 spiro atoms. The second kappa shape index (κ2) is 9.20. The van der Waals surface area contributed by atoms with Gasteiger partial charge in [0, 0.05) is 12.8 Å². The van der Waals surface area contributed by atoms with E-state index >= 15 is 0 Å². The van der Waals surface area contributed by atoms with E-state index in [2.05, 4.69) is 0 Å². The summed E-state index contributed by atoms with van der Waals surface area (Å²) >= 11 is 0. The van der Waals surface area contributed by atoms with E-state index in [9.17, 15) is 9.59 Å². The number of phenols is 2. The molecule has 0 amide bonds. The van der Waals surface area contributed by atoms with Gasteiger partial charge in [-0.3, -0.25) is 9.59 Å². The van der Waals surface area contributed by atoms with Crippen molar-refractivity contribution in [2.75, 3.05) is 0 Å². The minimum atomic E-state index is -1.27. The molecule has 152 valence electrons. The van der Waals surface area contributed by atoms with Crippen molar-refractivity contribution in [3.8, 4) is 11.5 Å². The number of nitrogens with two attached hydrogens (primary N) is 2. The van der Waals surface area contributed by atoms with Gasteiger partial charge in [0.25, 0.3) is 0 Å². The SMILES string of the molecule is C[C@](N)(Cc1ccc(O)cc1)C(=O)O.C[C@](N)(Cc1ccc(O)cc1)C(=O)O. The van der Waals surface area contributed by atoms with Crippen LogP contribution in [0.2, 0.25) is 0 Å². The van der Waals surface area contributed by atoms with Gasteiger partial charge < -0.3 is 31.9 Å². The summed E-state index contributed by atoms with van der Waals surface area (Å²) in [5, 5.41) is 35.6. The molecule has 0 saturated heterocycles. The van der Waals surface area contributed by atoms with Crippen LogP contribution in [0.15, 0.2) is 48.5 Å². The van der Waals surface area contributed by atoms with Crippen molar-refractivity contribution in [3.05, 3.63) is 59.7 Å². The van der Waals surface area contributed by atoms with Gasteiger partial charge in [-0.1, -0.05) is 24.3 Å². The first-order chi connectivity index (χ1) is 12.8. The summed E-state index contributed by atoms with van der Waals surface area (Å²) in [6.45, 7) is 2.92. The van der Waals surface area contributed by atoms with Crippen LogP contribution in [0.5, 0.6) is 11.5 Å². The highest BCUT2D eigenvalue weighted by Crippen LogP contribution is 2.15. The molecule has 0 bridgehead atoms.